The molecule has 0 aromatic rings. The predicted molar refractivity (Wildman–Crippen MR) is 43.5 cm³/mol. The fourth-order valence-electron chi connectivity index (χ4n) is 0.852. The molecule has 6 heteroatoms. The molecule has 1 N–H and O–H groups in total. The molecule has 0 spiro atoms. The van der Waals surface area contributed by atoms with E-state index in [0.717, 1.165) is 0 Å². The summed E-state index contributed by atoms with van der Waals surface area (Å²) in [5, 5.41) is 9.60. The number of hydrogen-bond donors (Lipinski definition) is 1. The summed E-state index contributed by atoms with van der Waals surface area (Å²) in [6, 6.07) is 0. The molecule has 1 heterocycles. The molecule has 6 nitrogen and oxygen atoms in total. The molecule has 1 saturated heterocycles. The average Bonchev–Trinajstić information content (AvgIpc) is 2.34. The number of aliphatic hydroxyl groups is 1. The van der Waals surface area contributed by atoms with Gasteiger partial charge in [-0.1, -0.05) is 0 Å². The summed E-state index contributed by atoms with van der Waals surface area (Å²) in [4.78, 5) is 37.5. The zero-order valence-electron chi connectivity index (χ0n) is 7.94. The van der Waals surface area contributed by atoms with Crippen LogP contribution in [0.25, 0.3) is 0 Å². The summed E-state index contributed by atoms with van der Waals surface area (Å²) in [7, 11) is 0. The zero-order valence-corrected chi connectivity index (χ0v) is 7.94. The van der Waals surface area contributed by atoms with Crippen LogP contribution in [-0.2, 0) is 19.2 Å². The van der Waals surface area contributed by atoms with Crippen molar-refractivity contribution < 1.29 is 24.3 Å². The number of carbonyl (C=O) groups is 3. The number of imide groups is 1. The fourth-order valence-corrected chi connectivity index (χ4v) is 0.852. The highest BCUT2D eigenvalue weighted by Gasteiger charge is 2.36. The minimum atomic E-state index is -1.72. The molecule has 14 heavy (non-hydrogen) atoms. The largest absolute Gasteiger partial charge is 0.379 e. The maximum Gasteiger partial charge on any atom is 0.363 e. The van der Waals surface area contributed by atoms with Crippen molar-refractivity contribution in [1.29, 1.82) is 0 Å². The molecule has 1 aliphatic rings. The van der Waals surface area contributed by atoms with Crippen molar-refractivity contribution in [1.82, 2.24) is 5.06 Å². The Labute approximate surface area is 80.4 Å². The first-order valence-electron chi connectivity index (χ1n) is 4.13. The number of hydrogen-bond acceptors (Lipinski definition) is 5. The maximum atomic E-state index is 11.1. The van der Waals surface area contributed by atoms with Gasteiger partial charge in [-0.05, 0) is 13.8 Å². The van der Waals surface area contributed by atoms with Crippen LogP contribution in [-0.4, -0.2) is 33.6 Å². The third-order valence-corrected chi connectivity index (χ3v) is 1.68. The van der Waals surface area contributed by atoms with Crippen LogP contribution >= 0.6 is 0 Å². The summed E-state index contributed by atoms with van der Waals surface area (Å²) in [5.41, 5.74) is -1.72. The Morgan fingerprint density at radius 1 is 1.36 bits per heavy atom. The molecule has 2 amide bonds. The summed E-state index contributed by atoms with van der Waals surface area (Å²) in [5.74, 6) is -2.15. The minimum absolute atomic E-state index is 0.0397. The molecule has 0 aromatic carbocycles. The predicted octanol–water partition coefficient (Wildman–Crippen LogP) is -0.636. The first kappa shape index (κ1) is 10.6. The Morgan fingerprint density at radius 2 is 1.79 bits per heavy atom. The van der Waals surface area contributed by atoms with Crippen molar-refractivity contribution in [3.8, 4) is 0 Å². The van der Waals surface area contributed by atoms with Crippen LogP contribution in [0.4, 0.5) is 0 Å². The molecule has 1 aliphatic heterocycles. The number of nitrogens with zero attached hydrogens (tertiary/aromatic N) is 1. The molecule has 0 atom stereocenters. The summed E-state index contributed by atoms with van der Waals surface area (Å²) in [6.07, 6.45) is 0.0793. The van der Waals surface area contributed by atoms with E-state index in [4.69, 9.17) is 0 Å². The average molecular weight is 201 g/mol. The SMILES string of the molecule is CC(C)(O)C(=O)ON1C(=O)CCC1=O. The number of rotatable bonds is 2. The van der Waals surface area contributed by atoms with Gasteiger partial charge in [-0.2, -0.15) is 0 Å². The molecular formula is C8H11NO5. The summed E-state index contributed by atoms with van der Waals surface area (Å²) >= 11 is 0. The highest BCUT2D eigenvalue weighted by molar-refractivity contribution is 6.01. The van der Waals surface area contributed by atoms with Gasteiger partial charge in [-0.25, -0.2) is 4.79 Å². The van der Waals surface area contributed by atoms with Crippen LogP contribution in [0.1, 0.15) is 26.7 Å². The summed E-state index contributed by atoms with van der Waals surface area (Å²) < 4.78 is 0. The Kier molecular flexibility index (Phi) is 2.57. The van der Waals surface area contributed by atoms with Crippen molar-refractivity contribution >= 4 is 17.8 Å². The molecule has 0 radical (unpaired) electrons. The zero-order chi connectivity index (χ0) is 10.9. The maximum absolute atomic E-state index is 11.1. The first-order valence-corrected chi connectivity index (χ1v) is 4.13. The molecule has 78 valence electrons. The minimum Gasteiger partial charge on any atom is -0.379 e. The number of hydroxylamine groups is 2. The van der Waals surface area contributed by atoms with E-state index in [1.165, 1.54) is 13.8 Å². The lowest BCUT2D eigenvalue weighted by Crippen LogP contribution is -2.41. The van der Waals surface area contributed by atoms with Gasteiger partial charge >= 0.3 is 5.97 Å². The second-order valence-corrected chi connectivity index (χ2v) is 3.52. The van der Waals surface area contributed by atoms with Crippen molar-refractivity contribution in [2.75, 3.05) is 0 Å². The van der Waals surface area contributed by atoms with Gasteiger partial charge in [0, 0.05) is 12.8 Å². The highest BCUT2D eigenvalue weighted by Crippen LogP contribution is 2.14. The normalized spacial score (nSPS) is 17.5. The highest BCUT2D eigenvalue weighted by atomic mass is 16.7. The number of carbonyl (C=O) groups excluding carboxylic acids is 3. The van der Waals surface area contributed by atoms with E-state index in [1.54, 1.807) is 0 Å². The van der Waals surface area contributed by atoms with Crippen molar-refractivity contribution in [2.45, 2.75) is 32.3 Å². The monoisotopic (exact) mass is 201 g/mol. The van der Waals surface area contributed by atoms with Crippen LogP contribution in [0.5, 0.6) is 0 Å². The van der Waals surface area contributed by atoms with E-state index < -0.39 is 23.4 Å². The van der Waals surface area contributed by atoms with Crippen LogP contribution in [0, 0.1) is 0 Å². The van der Waals surface area contributed by atoms with Crippen molar-refractivity contribution in [2.24, 2.45) is 0 Å². The Balaban J connectivity index is 2.65. The van der Waals surface area contributed by atoms with Gasteiger partial charge in [0.05, 0.1) is 0 Å². The van der Waals surface area contributed by atoms with E-state index in [-0.39, 0.29) is 12.8 Å². The van der Waals surface area contributed by atoms with Gasteiger partial charge in [-0.15, -0.1) is 5.06 Å². The topological polar surface area (TPSA) is 83.9 Å². The molecule has 0 unspecified atom stereocenters. The van der Waals surface area contributed by atoms with Gasteiger partial charge in [0.2, 0.25) is 0 Å². The van der Waals surface area contributed by atoms with E-state index in [0.29, 0.717) is 5.06 Å². The Bertz CT molecular complexity index is 275. The molecule has 0 bridgehead atoms. The van der Waals surface area contributed by atoms with Crippen LogP contribution in [0.15, 0.2) is 0 Å². The molecule has 0 aliphatic carbocycles. The number of amides is 2. The van der Waals surface area contributed by atoms with Gasteiger partial charge in [0.1, 0.15) is 0 Å². The van der Waals surface area contributed by atoms with Gasteiger partial charge in [-0.3, -0.25) is 9.59 Å². The third kappa shape index (κ3) is 2.08. The van der Waals surface area contributed by atoms with Gasteiger partial charge in [0.15, 0.2) is 5.60 Å². The lowest BCUT2D eigenvalue weighted by Gasteiger charge is -2.19. The molecule has 0 saturated carbocycles. The van der Waals surface area contributed by atoms with Crippen LogP contribution in [0.2, 0.25) is 0 Å². The van der Waals surface area contributed by atoms with Crippen molar-refractivity contribution in [3.63, 3.8) is 0 Å². The van der Waals surface area contributed by atoms with Crippen LogP contribution in [0.3, 0.4) is 0 Å². The van der Waals surface area contributed by atoms with Gasteiger partial charge < -0.3 is 9.94 Å². The van der Waals surface area contributed by atoms with E-state index in [2.05, 4.69) is 4.84 Å². The van der Waals surface area contributed by atoms with E-state index in [1.807, 2.05) is 0 Å². The molecule has 0 aromatic heterocycles. The second kappa shape index (κ2) is 3.38. The van der Waals surface area contributed by atoms with E-state index in [9.17, 15) is 19.5 Å². The summed E-state index contributed by atoms with van der Waals surface area (Å²) in [6.45, 7) is 2.42. The first-order chi connectivity index (χ1) is 6.32. The molecule has 1 rings (SSSR count). The second-order valence-electron chi connectivity index (χ2n) is 3.52. The lowest BCUT2D eigenvalue weighted by molar-refractivity contribution is -0.208. The van der Waals surface area contributed by atoms with Crippen molar-refractivity contribution in [3.05, 3.63) is 0 Å². The van der Waals surface area contributed by atoms with Gasteiger partial charge in [0.25, 0.3) is 11.8 Å². The smallest absolute Gasteiger partial charge is 0.363 e. The molecule has 1 fully saturated rings. The molecular weight excluding hydrogens is 190 g/mol. The van der Waals surface area contributed by atoms with Crippen LogP contribution < -0.4 is 0 Å². The lowest BCUT2D eigenvalue weighted by atomic mass is 10.1. The standard InChI is InChI=1S/C8H11NO5/c1-8(2,13)7(12)14-9-5(10)3-4-6(9)11/h13H,3-4H2,1-2H3. The van der Waals surface area contributed by atoms with E-state index >= 15 is 0 Å². The third-order valence-electron chi connectivity index (χ3n) is 1.68. The Morgan fingerprint density at radius 3 is 2.14 bits per heavy atom. The fraction of sp³-hybridized carbons (Fsp3) is 0.625. The quantitative estimate of drug-likeness (QED) is 0.601. The Hall–Kier alpha value is -1.43.